The molecule has 0 spiro atoms. The summed E-state index contributed by atoms with van der Waals surface area (Å²) < 4.78 is 2.31. The first-order valence-electron chi connectivity index (χ1n) is 14.0. The van der Waals surface area contributed by atoms with Crippen LogP contribution < -0.4 is 24.8 Å². The van der Waals surface area contributed by atoms with Gasteiger partial charge in [-0.2, -0.15) is 0 Å². The first-order chi connectivity index (χ1) is 18.4. The molecule has 0 nitrogen and oxygen atoms in total. The molecule has 2 aliphatic carbocycles. The van der Waals surface area contributed by atoms with E-state index in [0.29, 0.717) is 9.54 Å². The molecule has 2 aliphatic rings. The maximum absolute atomic E-state index is 2.62. The molecule has 4 aromatic rings. The van der Waals surface area contributed by atoms with Crippen molar-refractivity contribution in [3.8, 4) is 33.4 Å². The molecule has 0 saturated carbocycles. The molecular weight excluding hydrogens is 607 g/mol. The minimum absolute atomic E-state index is 0. The standard InChI is InChI=1S/C25H17.C12H19.2ClH.Zr/c1-3-7-18(8-4-1)20-11-13-24-22(15-20)17-23-16-21(12-14-25(23)24)19-9-5-2-6-10-19;1-5-6-10-7-8-11(9-10)12(2,3)4;;;/h1-17H;8-10H,5-6H2,1-4H3;2*1H;/q;;;;+2/p-2. The molecular formula is C37H36Cl2Zr. The summed E-state index contributed by atoms with van der Waals surface area (Å²) >= 11 is -0.968. The molecule has 0 amide bonds. The van der Waals surface area contributed by atoms with Crippen LogP contribution in [0.15, 0.2) is 118 Å². The molecule has 0 N–H and O–H groups in total. The minimum atomic E-state index is -0.968. The Kier molecular flexibility index (Phi) is 9.83. The normalized spacial score (nSPS) is 15.7. The van der Waals surface area contributed by atoms with Crippen LogP contribution in [0, 0.1) is 11.3 Å². The summed E-state index contributed by atoms with van der Waals surface area (Å²) in [5.74, 6) is 0.628. The van der Waals surface area contributed by atoms with E-state index in [-0.39, 0.29) is 30.2 Å². The van der Waals surface area contributed by atoms with E-state index >= 15 is 0 Å². The summed E-state index contributed by atoms with van der Waals surface area (Å²) in [5, 5.41) is 0. The van der Waals surface area contributed by atoms with Crippen LogP contribution in [0.4, 0.5) is 0 Å². The topological polar surface area (TPSA) is 0 Å². The van der Waals surface area contributed by atoms with Crippen LogP contribution >= 0.6 is 0 Å². The van der Waals surface area contributed by atoms with E-state index in [9.17, 15) is 0 Å². The molecule has 202 valence electrons. The van der Waals surface area contributed by atoms with Gasteiger partial charge in [-0.25, -0.2) is 0 Å². The molecule has 0 aliphatic heterocycles. The molecule has 1 atom stereocenters. The number of benzene rings is 4. The van der Waals surface area contributed by atoms with Crippen LogP contribution in [0.5, 0.6) is 0 Å². The van der Waals surface area contributed by atoms with Gasteiger partial charge in [-0.1, -0.05) is 0 Å². The van der Waals surface area contributed by atoms with Gasteiger partial charge in [-0.05, 0) is 0 Å². The fraction of sp³-hybridized carbons (Fsp3) is 0.243. The number of fused-ring (bicyclic) bond motifs is 3. The number of hydrogen-bond acceptors (Lipinski definition) is 0. The molecule has 0 saturated heterocycles. The summed E-state index contributed by atoms with van der Waals surface area (Å²) in [6, 6.07) is 36.2. The Labute approximate surface area is 264 Å². The third-order valence-corrected chi connectivity index (χ3v) is 12.4. The second-order valence-electron chi connectivity index (χ2n) is 11.8. The fourth-order valence-electron chi connectivity index (χ4n) is 6.00. The average Bonchev–Trinajstić information content (AvgIpc) is 3.48. The first-order valence-corrected chi connectivity index (χ1v) is 16.7. The summed E-state index contributed by atoms with van der Waals surface area (Å²) in [5.41, 5.74) is 13.0. The molecule has 0 radical (unpaired) electrons. The Morgan fingerprint density at radius 1 is 0.650 bits per heavy atom. The molecule has 0 aromatic heterocycles. The molecule has 1 unspecified atom stereocenters. The Hall–Kier alpha value is -2.18. The Bertz CT molecular complexity index is 1440. The van der Waals surface area contributed by atoms with Crippen LogP contribution in [0.25, 0.3) is 33.4 Å². The van der Waals surface area contributed by atoms with Crippen LogP contribution in [0.3, 0.4) is 0 Å². The van der Waals surface area contributed by atoms with E-state index in [1.54, 1.807) is 20.0 Å². The second kappa shape index (κ2) is 12.8. The molecule has 40 heavy (non-hydrogen) atoms. The second-order valence-corrected chi connectivity index (χ2v) is 15.3. The molecule has 6 rings (SSSR count). The predicted molar refractivity (Wildman–Crippen MR) is 159 cm³/mol. The van der Waals surface area contributed by atoms with E-state index < -0.39 is 23.2 Å². The van der Waals surface area contributed by atoms with Gasteiger partial charge in [0.05, 0.1) is 0 Å². The quantitative estimate of drug-likeness (QED) is 0.292. The molecule has 0 fully saturated rings. The van der Waals surface area contributed by atoms with Crippen molar-refractivity contribution in [3.05, 3.63) is 129 Å². The maximum atomic E-state index is 2.62. The maximum Gasteiger partial charge on any atom is -1.00 e. The summed E-state index contributed by atoms with van der Waals surface area (Å²) in [6.45, 7) is 9.43. The van der Waals surface area contributed by atoms with Crippen molar-refractivity contribution in [3.63, 3.8) is 0 Å². The monoisotopic (exact) mass is 640 g/mol. The van der Waals surface area contributed by atoms with Gasteiger partial charge < -0.3 is 24.8 Å². The number of rotatable bonds is 6. The van der Waals surface area contributed by atoms with Gasteiger partial charge >= 0.3 is 241 Å². The van der Waals surface area contributed by atoms with Crippen molar-refractivity contribution < 1.29 is 48.0 Å². The fourth-order valence-corrected chi connectivity index (χ4v) is 10.4. The predicted octanol–water partition coefficient (Wildman–Crippen LogP) is 4.47. The van der Waals surface area contributed by atoms with Gasteiger partial charge in [0.15, 0.2) is 0 Å². The Morgan fingerprint density at radius 3 is 1.60 bits per heavy atom. The third-order valence-electron chi connectivity index (χ3n) is 8.10. The summed E-state index contributed by atoms with van der Waals surface area (Å²) in [6.07, 6.45) is 7.74. The van der Waals surface area contributed by atoms with E-state index in [1.165, 1.54) is 46.2 Å². The van der Waals surface area contributed by atoms with Crippen molar-refractivity contribution in [2.24, 2.45) is 11.3 Å². The molecule has 0 bridgehead atoms. The van der Waals surface area contributed by atoms with Gasteiger partial charge in [0.1, 0.15) is 0 Å². The van der Waals surface area contributed by atoms with E-state index in [0.717, 1.165) is 0 Å². The number of halogens is 2. The van der Waals surface area contributed by atoms with Crippen LogP contribution in [0.1, 0.15) is 55.3 Å². The van der Waals surface area contributed by atoms with E-state index in [2.05, 4.69) is 137 Å². The Balaban J connectivity index is 0.00000185. The van der Waals surface area contributed by atoms with Crippen LogP contribution in [-0.2, 0) is 23.2 Å². The van der Waals surface area contributed by atoms with Gasteiger partial charge in [-0.3, -0.25) is 0 Å². The smallest absolute Gasteiger partial charge is 1.00 e. The van der Waals surface area contributed by atoms with Crippen LogP contribution in [0.2, 0.25) is 0 Å². The zero-order chi connectivity index (χ0) is 26.3. The zero-order valence-electron chi connectivity index (χ0n) is 23.7. The Morgan fingerprint density at radius 2 is 1.15 bits per heavy atom. The van der Waals surface area contributed by atoms with E-state index in [4.69, 9.17) is 0 Å². The zero-order valence-corrected chi connectivity index (χ0v) is 27.7. The van der Waals surface area contributed by atoms with Gasteiger partial charge in [0.25, 0.3) is 0 Å². The molecule has 0 heterocycles. The van der Waals surface area contributed by atoms with Crippen LogP contribution in [-0.4, -0.2) is 0 Å². The third kappa shape index (κ3) is 6.04. The van der Waals surface area contributed by atoms with Crippen molar-refractivity contribution in [2.45, 2.75) is 44.2 Å². The summed E-state index contributed by atoms with van der Waals surface area (Å²) in [7, 11) is 0. The van der Waals surface area contributed by atoms with Gasteiger partial charge in [-0.15, -0.1) is 0 Å². The molecule has 3 heteroatoms. The molecule has 4 aromatic carbocycles. The summed E-state index contributed by atoms with van der Waals surface area (Å²) in [4.78, 5) is 0. The van der Waals surface area contributed by atoms with Crippen molar-refractivity contribution in [1.29, 1.82) is 0 Å². The first kappa shape index (κ1) is 30.8. The number of hydrogen-bond donors (Lipinski definition) is 0. The van der Waals surface area contributed by atoms with Crippen molar-refractivity contribution in [2.75, 3.05) is 0 Å². The largest absolute Gasteiger partial charge is 1.00 e. The van der Waals surface area contributed by atoms with Crippen molar-refractivity contribution >= 4 is 0 Å². The van der Waals surface area contributed by atoms with Gasteiger partial charge in [0, 0.05) is 0 Å². The minimum Gasteiger partial charge on any atom is -1.00 e. The van der Waals surface area contributed by atoms with E-state index in [1.807, 2.05) is 0 Å². The van der Waals surface area contributed by atoms with Crippen molar-refractivity contribution in [1.82, 2.24) is 0 Å². The average molecular weight is 643 g/mol. The number of allylic oxidation sites excluding steroid dienone is 4. The van der Waals surface area contributed by atoms with Gasteiger partial charge in [0.2, 0.25) is 0 Å². The SMILES string of the molecule is CCCC1C=C(C(C)(C)C)C=[C]1[Zr+2][CH]1c2cc(-c3ccccc3)ccc2-c2ccc(-c3ccccc3)cc21.[Cl-].[Cl-].